The van der Waals surface area contributed by atoms with Crippen molar-refractivity contribution in [3.8, 4) is 0 Å². The van der Waals surface area contributed by atoms with E-state index in [0.717, 1.165) is 18.6 Å². The summed E-state index contributed by atoms with van der Waals surface area (Å²) in [7, 11) is 0. The van der Waals surface area contributed by atoms with Crippen molar-refractivity contribution in [2.24, 2.45) is 11.8 Å². The molecular weight excluding hydrogens is 330 g/mol. The molecule has 1 aromatic carbocycles. The molecule has 0 spiro atoms. The van der Waals surface area contributed by atoms with E-state index in [0.29, 0.717) is 11.8 Å². The van der Waals surface area contributed by atoms with Gasteiger partial charge in [-0.25, -0.2) is 0 Å². The van der Waals surface area contributed by atoms with Gasteiger partial charge in [-0.15, -0.1) is 0 Å². The minimum atomic E-state index is 0.173. The number of benzene rings is 1. The Balaban J connectivity index is 2.26. The van der Waals surface area contributed by atoms with Gasteiger partial charge in [-0.2, -0.15) is 0 Å². The lowest BCUT2D eigenvalue weighted by atomic mass is 9.71. The van der Waals surface area contributed by atoms with Crippen molar-refractivity contribution in [3.63, 3.8) is 0 Å². The van der Waals surface area contributed by atoms with E-state index in [1.54, 1.807) is 6.20 Å². The highest BCUT2D eigenvalue weighted by molar-refractivity contribution is 5.83. The molecule has 3 rings (SSSR count). The normalized spacial score (nSPS) is 20.9. The standard InChI is InChI=1S/C25H35NO/c1-9-10-18-13-22-23(25(7,8)17(4)24(22,5)6)15-21(18)20(16(2)3)14-19-11-12-26-27-19/h11-17H,9-10H2,1-8H3. The molecule has 27 heavy (non-hydrogen) atoms. The van der Waals surface area contributed by atoms with Gasteiger partial charge in [-0.05, 0) is 63.0 Å². The fraction of sp³-hybridized carbons (Fsp3) is 0.560. The van der Waals surface area contributed by atoms with E-state index in [1.165, 1.54) is 27.8 Å². The third-order valence-electron chi connectivity index (χ3n) is 7.00. The van der Waals surface area contributed by atoms with E-state index >= 15 is 0 Å². The fourth-order valence-corrected chi connectivity index (χ4v) is 4.83. The highest BCUT2D eigenvalue weighted by Crippen LogP contribution is 2.54. The number of nitrogens with zero attached hydrogens (tertiary/aromatic N) is 1. The monoisotopic (exact) mass is 365 g/mol. The number of hydrogen-bond acceptors (Lipinski definition) is 2. The largest absolute Gasteiger partial charge is 0.357 e. The molecule has 0 bridgehead atoms. The predicted molar refractivity (Wildman–Crippen MR) is 115 cm³/mol. The van der Waals surface area contributed by atoms with Crippen LogP contribution in [0.3, 0.4) is 0 Å². The van der Waals surface area contributed by atoms with Crippen LogP contribution in [0.5, 0.6) is 0 Å². The molecule has 0 aliphatic heterocycles. The lowest BCUT2D eigenvalue weighted by Crippen LogP contribution is -2.30. The van der Waals surface area contributed by atoms with Crippen molar-refractivity contribution in [3.05, 3.63) is 52.4 Å². The van der Waals surface area contributed by atoms with Gasteiger partial charge in [0.25, 0.3) is 0 Å². The van der Waals surface area contributed by atoms with Gasteiger partial charge in [0.05, 0.1) is 6.20 Å². The van der Waals surface area contributed by atoms with Crippen LogP contribution in [-0.4, -0.2) is 5.16 Å². The van der Waals surface area contributed by atoms with Crippen molar-refractivity contribution < 1.29 is 4.52 Å². The summed E-state index contributed by atoms with van der Waals surface area (Å²) in [5.74, 6) is 1.85. The summed E-state index contributed by atoms with van der Waals surface area (Å²) in [4.78, 5) is 0. The Morgan fingerprint density at radius 2 is 1.78 bits per heavy atom. The van der Waals surface area contributed by atoms with E-state index < -0.39 is 0 Å². The van der Waals surface area contributed by atoms with Crippen LogP contribution in [-0.2, 0) is 17.3 Å². The Bertz CT molecular complexity index is 837. The Morgan fingerprint density at radius 1 is 1.15 bits per heavy atom. The molecule has 0 saturated heterocycles. The Labute approximate surface area is 165 Å². The number of aryl methyl sites for hydroxylation is 1. The summed E-state index contributed by atoms with van der Waals surface area (Å²) in [5, 5.41) is 3.88. The molecule has 1 atom stereocenters. The van der Waals surface area contributed by atoms with Gasteiger partial charge in [-0.3, -0.25) is 0 Å². The van der Waals surface area contributed by atoms with Crippen molar-refractivity contribution in [2.45, 2.75) is 79.1 Å². The van der Waals surface area contributed by atoms with Crippen LogP contribution in [0, 0.1) is 11.8 Å². The molecule has 146 valence electrons. The van der Waals surface area contributed by atoms with Gasteiger partial charge in [0.15, 0.2) is 5.76 Å². The first-order chi connectivity index (χ1) is 12.6. The van der Waals surface area contributed by atoms with Crippen LogP contribution in [0.1, 0.15) is 89.8 Å². The van der Waals surface area contributed by atoms with Gasteiger partial charge < -0.3 is 4.52 Å². The summed E-state index contributed by atoms with van der Waals surface area (Å²) >= 11 is 0. The van der Waals surface area contributed by atoms with Crippen LogP contribution >= 0.6 is 0 Å². The van der Waals surface area contributed by atoms with Crippen LogP contribution in [0.25, 0.3) is 11.6 Å². The molecule has 1 aliphatic rings. The molecule has 1 heterocycles. The molecule has 0 amide bonds. The zero-order valence-electron chi connectivity index (χ0n) is 18.3. The topological polar surface area (TPSA) is 26.0 Å². The van der Waals surface area contributed by atoms with Gasteiger partial charge >= 0.3 is 0 Å². The molecule has 0 fully saturated rings. The lowest BCUT2D eigenvalue weighted by Gasteiger charge is -2.32. The second-order valence-electron chi connectivity index (χ2n) is 9.64. The summed E-state index contributed by atoms with van der Waals surface area (Å²) < 4.78 is 5.39. The highest BCUT2D eigenvalue weighted by atomic mass is 16.5. The average Bonchev–Trinajstić information content (AvgIpc) is 3.15. The van der Waals surface area contributed by atoms with Crippen LogP contribution in [0.4, 0.5) is 0 Å². The van der Waals surface area contributed by atoms with E-state index in [-0.39, 0.29) is 10.8 Å². The number of allylic oxidation sites excluding steroid dienone is 1. The lowest BCUT2D eigenvalue weighted by molar-refractivity contribution is 0.264. The summed E-state index contributed by atoms with van der Waals surface area (Å²) in [6.45, 7) is 18.8. The van der Waals surface area contributed by atoms with Gasteiger partial charge in [0.2, 0.25) is 0 Å². The van der Waals surface area contributed by atoms with E-state index in [4.69, 9.17) is 4.52 Å². The minimum absolute atomic E-state index is 0.173. The molecule has 2 aromatic rings. The zero-order chi connectivity index (χ0) is 20.0. The Morgan fingerprint density at radius 3 is 2.30 bits per heavy atom. The first kappa shape index (κ1) is 19.9. The van der Waals surface area contributed by atoms with Crippen LogP contribution in [0.2, 0.25) is 0 Å². The molecule has 0 radical (unpaired) electrons. The Kier molecular flexibility index (Phi) is 5.14. The van der Waals surface area contributed by atoms with Crippen molar-refractivity contribution in [2.75, 3.05) is 0 Å². The first-order valence-electron chi connectivity index (χ1n) is 10.4. The number of rotatable bonds is 5. The quantitative estimate of drug-likeness (QED) is 0.568. The van der Waals surface area contributed by atoms with Crippen molar-refractivity contribution >= 4 is 11.6 Å². The zero-order valence-corrected chi connectivity index (χ0v) is 18.3. The number of hydrogen-bond donors (Lipinski definition) is 0. The molecule has 2 heteroatoms. The molecule has 2 nitrogen and oxygen atoms in total. The summed E-state index contributed by atoms with van der Waals surface area (Å²) in [6, 6.07) is 6.94. The molecule has 0 N–H and O–H groups in total. The maximum absolute atomic E-state index is 5.39. The second-order valence-corrected chi connectivity index (χ2v) is 9.64. The highest BCUT2D eigenvalue weighted by Gasteiger charge is 2.48. The smallest absolute Gasteiger partial charge is 0.159 e. The molecule has 0 saturated carbocycles. The summed E-state index contributed by atoms with van der Waals surface area (Å²) in [5.41, 5.74) is 7.62. The van der Waals surface area contributed by atoms with E-state index in [9.17, 15) is 0 Å². The van der Waals surface area contributed by atoms with E-state index in [2.05, 4.69) is 78.8 Å². The maximum Gasteiger partial charge on any atom is 0.159 e. The molecular formula is C25H35NO. The Hall–Kier alpha value is -1.83. The fourth-order valence-electron chi connectivity index (χ4n) is 4.83. The van der Waals surface area contributed by atoms with Crippen molar-refractivity contribution in [1.29, 1.82) is 0 Å². The van der Waals surface area contributed by atoms with E-state index in [1.807, 2.05) is 6.07 Å². The van der Waals surface area contributed by atoms with Gasteiger partial charge in [-0.1, -0.05) is 79.1 Å². The van der Waals surface area contributed by atoms with Gasteiger partial charge in [0, 0.05) is 6.07 Å². The van der Waals surface area contributed by atoms with Crippen molar-refractivity contribution in [1.82, 2.24) is 5.16 Å². The second kappa shape index (κ2) is 6.96. The first-order valence-corrected chi connectivity index (χ1v) is 10.4. The molecule has 1 unspecified atom stereocenters. The minimum Gasteiger partial charge on any atom is -0.357 e. The molecule has 1 aliphatic carbocycles. The summed E-state index contributed by atoms with van der Waals surface area (Å²) in [6.07, 6.45) is 6.15. The maximum atomic E-state index is 5.39. The average molecular weight is 366 g/mol. The van der Waals surface area contributed by atoms with Gasteiger partial charge in [0.1, 0.15) is 0 Å². The predicted octanol–water partition coefficient (Wildman–Crippen LogP) is 7.03. The van der Waals surface area contributed by atoms with Crippen LogP contribution < -0.4 is 0 Å². The third-order valence-corrected chi connectivity index (χ3v) is 7.00. The molecule has 1 aromatic heterocycles. The van der Waals surface area contributed by atoms with Crippen LogP contribution in [0.15, 0.2) is 28.9 Å². The third kappa shape index (κ3) is 3.28. The number of fused-ring (bicyclic) bond motifs is 1. The number of aromatic nitrogens is 1. The SMILES string of the molecule is CCCc1cc2c(cc1C(=Cc1ccno1)C(C)C)C(C)(C)C(C)C2(C)C.